The maximum Gasteiger partial charge on any atom is 0.160 e. The molecular weight excluding hydrogens is 178 g/mol. The van der Waals surface area contributed by atoms with Crippen molar-refractivity contribution in [3.05, 3.63) is 23.3 Å². The van der Waals surface area contributed by atoms with Gasteiger partial charge in [-0.2, -0.15) is 0 Å². The van der Waals surface area contributed by atoms with E-state index in [9.17, 15) is 0 Å². The maximum atomic E-state index is 5.54. The lowest BCUT2D eigenvalue weighted by Gasteiger charge is -2.21. The second-order valence-corrected chi connectivity index (χ2v) is 3.74. The molecule has 0 fully saturated rings. The van der Waals surface area contributed by atoms with Gasteiger partial charge in [0, 0.05) is 19.3 Å². The lowest BCUT2D eigenvalue weighted by atomic mass is 10.1. The zero-order valence-corrected chi connectivity index (χ0v) is 9.16. The van der Waals surface area contributed by atoms with Crippen molar-refractivity contribution in [3.63, 3.8) is 0 Å². The number of hydrogen-bond acceptors (Lipinski definition) is 4. The topological polar surface area (TPSA) is 61.0 Å². The SMILES string of the molecule is COC(C)(C)c1nc(C)cc(CN)n1. The Labute approximate surface area is 84.5 Å². The van der Waals surface area contributed by atoms with E-state index in [2.05, 4.69) is 9.97 Å². The molecule has 0 bridgehead atoms. The molecule has 0 aliphatic rings. The van der Waals surface area contributed by atoms with Gasteiger partial charge in [-0.05, 0) is 26.8 Å². The van der Waals surface area contributed by atoms with Crippen molar-refractivity contribution < 1.29 is 4.74 Å². The first kappa shape index (κ1) is 11.1. The summed E-state index contributed by atoms with van der Waals surface area (Å²) in [4.78, 5) is 8.67. The molecule has 0 unspecified atom stereocenters. The van der Waals surface area contributed by atoms with Crippen molar-refractivity contribution in [1.29, 1.82) is 0 Å². The molecule has 1 aromatic heterocycles. The van der Waals surface area contributed by atoms with Crippen LogP contribution in [-0.4, -0.2) is 17.1 Å². The largest absolute Gasteiger partial charge is 0.371 e. The van der Waals surface area contributed by atoms with E-state index in [4.69, 9.17) is 10.5 Å². The fraction of sp³-hybridized carbons (Fsp3) is 0.600. The number of aromatic nitrogens is 2. The molecule has 1 rings (SSSR count). The summed E-state index contributed by atoms with van der Waals surface area (Å²) in [5.41, 5.74) is 6.84. The van der Waals surface area contributed by atoms with Crippen LogP contribution in [0.15, 0.2) is 6.07 Å². The molecule has 0 saturated carbocycles. The predicted molar refractivity (Wildman–Crippen MR) is 54.7 cm³/mol. The third-order valence-corrected chi connectivity index (χ3v) is 2.17. The van der Waals surface area contributed by atoms with Crippen molar-refractivity contribution in [1.82, 2.24) is 9.97 Å². The van der Waals surface area contributed by atoms with Crippen molar-refractivity contribution in [2.45, 2.75) is 32.9 Å². The first-order chi connectivity index (χ1) is 6.49. The van der Waals surface area contributed by atoms with Crippen LogP contribution in [0.5, 0.6) is 0 Å². The number of rotatable bonds is 3. The highest BCUT2D eigenvalue weighted by molar-refractivity contribution is 5.12. The summed E-state index contributed by atoms with van der Waals surface area (Å²) >= 11 is 0. The molecule has 0 radical (unpaired) electrons. The van der Waals surface area contributed by atoms with Crippen molar-refractivity contribution in [3.8, 4) is 0 Å². The first-order valence-electron chi connectivity index (χ1n) is 4.60. The Morgan fingerprint density at radius 2 is 2.07 bits per heavy atom. The fourth-order valence-corrected chi connectivity index (χ4v) is 1.10. The Morgan fingerprint density at radius 1 is 1.43 bits per heavy atom. The third kappa shape index (κ3) is 2.27. The van der Waals surface area contributed by atoms with Crippen LogP contribution in [0.4, 0.5) is 0 Å². The molecular formula is C10H17N3O. The Balaban J connectivity index is 3.15. The molecule has 0 spiro atoms. The van der Waals surface area contributed by atoms with Crippen LogP contribution in [0, 0.1) is 6.92 Å². The molecule has 1 heterocycles. The molecule has 78 valence electrons. The zero-order chi connectivity index (χ0) is 10.8. The van der Waals surface area contributed by atoms with Gasteiger partial charge in [0.25, 0.3) is 0 Å². The molecule has 4 nitrogen and oxygen atoms in total. The maximum absolute atomic E-state index is 5.54. The highest BCUT2D eigenvalue weighted by Gasteiger charge is 2.23. The van der Waals surface area contributed by atoms with E-state index < -0.39 is 5.60 Å². The lowest BCUT2D eigenvalue weighted by Crippen LogP contribution is -2.24. The Kier molecular flexibility index (Phi) is 3.18. The molecule has 2 N–H and O–H groups in total. The molecule has 0 atom stereocenters. The Hall–Kier alpha value is -1.00. The third-order valence-electron chi connectivity index (χ3n) is 2.17. The normalized spacial score (nSPS) is 11.8. The average molecular weight is 195 g/mol. The van der Waals surface area contributed by atoms with E-state index in [1.165, 1.54) is 0 Å². The minimum absolute atomic E-state index is 0.427. The molecule has 0 saturated heterocycles. The summed E-state index contributed by atoms with van der Waals surface area (Å²) in [5, 5.41) is 0. The second-order valence-electron chi connectivity index (χ2n) is 3.74. The van der Waals surface area contributed by atoms with E-state index in [1.807, 2.05) is 26.8 Å². The van der Waals surface area contributed by atoms with E-state index in [0.717, 1.165) is 11.4 Å². The quantitative estimate of drug-likeness (QED) is 0.785. The van der Waals surface area contributed by atoms with Gasteiger partial charge in [0.05, 0.1) is 5.69 Å². The monoisotopic (exact) mass is 195 g/mol. The highest BCUT2D eigenvalue weighted by Crippen LogP contribution is 2.20. The van der Waals surface area contributed by atoms with E-state index in [-0.39, 0.29) is 0 Å². The van der Waals surface area contributed by atoms with Gasteiger partial charge in [0.2, 0.25) is 0 Å². The van der Waals surface area contributed by atoms with Gasteiger partial charge >= 0.3 is 0 Å². The van der Waals surface area contributed by atoms with Crippen LogP contribution in [0.1, 0.15) is 31.1 Å². The molecule has 0 aliphatic carbocycles. The van der Waals surface area contributed by atoms with Crippen LogP contribution in [-0.2, 0) is 16.9 Å². The van der Waals surface area contributed by atoms with E-state index >= 15 is 0 Å². The highest BCUT2D eigenvalue weighted by atomic mass is 16.5. The van der Waals surface area contributed by atoms with Crippen LogP contribution in [0.3, 0.4) is 0 Å². The minimum atomic E-state index is -0.462. The molecule has 0 aromatic carbocycles. The standard InChI is InChI=1S/C10H17N3O/c1-7-5-8(6-11)13-9(12-7)10(2,3)14-4/h5H,6,11H2,1-4H3. The molecule has 0 aliphatic heterocycles. The van der Waals surface area contributed by atoms with Crippen LogP contribution in [0.2, 0.25) is 0 Å². The van der Waals surface area contributed by atoms with Gasteiger partial charge in [0.1, 0.15) is 5.60 Å². The Morgan fingerprint density at radius 3 is 2.57 bits per heavy atom. The summed E-state index contributed by atoms with van der Waals surface area (Å²) in [5.74, 6) is 0.681. The van der Waals surface area contributed by atoms with Gasteiger partial charge in [-0.1, -0.05) is 0 Å². The number of hydrogen-bond donors (Lipinski definition) is 1. The van der Waals surface area contributed by atoms with Crippen LogP contribution in [0.25, 0.3) is 0 Å². The number of nitrogens with two attached hydrogens (primary N) is 1. The Bertz CT molecular complexity index is 323. The molecule has 0 amide bonds. The fourth-order valence-electron chi connectivity index (χ4n) is 1.10. The van der Waals surface area contributed by atoms with Gasteiger partial charge in [0.15, 0.2) is 5.82 Å². The minimum Gasteiger partial charge on any atom is -0.371 e. The van der Waals surface area contributed by atoms with Crippen LogP contribution < -0.4 is 5.73 Å². The van der Waals surface area contributed by atoms with E-state index in [0.29, 0.717) is 12.4 Å². The van der Waals surface area contributed by atoms with Crippen molar-refractivity contribution in [2.75, 3.05) is 7.11 Å². The van der Waals surface area contributed by atoms with Crippen LogP contribution >= 0.6 is 0 Å². The number of methoxy groups -OCH3 is 1. The molecule has 1 aromatic rings. The number of nitrogens with zero attached hydrogens (tertiary/aromatic N) is 2. The van der Waals surface area contributed by atoms with Gasteiger partial charge in [-0.3, -0.25) is 0 Å². The van der Waals surface area contributed by atoms with Gasteiger partial charge in [-0.25, -0.2) is 9.97 Å². The lowest BCUT2D eigenvalue weighted by molar-refractivity contribution is 0.0111. The van der Waals surface area contributed by atoms with E-state index in [1.54, 1.807) is 7.11 Å². The van der Waals surface area contributed by atoms with Crippen molar-refractivity contribution in [2.24, 2.45) is 5.73 Å². The second kappa shape index (κ2) is 4.02. The summed E-state index contributed by atoms with van der Waals surface area (Å²) in [6.07, 6.45) is 0. The predicted octanol–water partition coefficient (Wildman–Crippen LogP) is 1.13. The number of ether oxygens (including phenoxy) is 1. The number of aryl methyl sites for hydroxylation is 1. The van der Waals surface area contributed by atoms with Gasteiger partial charge in [-0.15, -0.1) is 0 Å². The summed E-state index contributed by atoms with van der Waals surface area (Å²) in [7, 11) is 1.65. The summed E-state index contributed by atoms with van der Waals surface area (Å²) < 4.78 is 5.31. The summed E-state index contributed by atoms with van der Waals surface area (Å²) in [6.45, 7) is 6.22. The molecule has 4 heteroatoms. The average Bonchev–Trinajstić information content (AvgIpc) is 2.16. The van der Waals surface area contributed by atoms with Crippen molar-refractivity contribution >= 4 is 0 Å². The summed E-state index contributed by atoms with van der Waals surface area (Å²) in [6, 6.07) is 1.88. The zero-order valence-electron chi connectivity index (χ0n) is 9.16. The molecule has 14 heavy (non-hydrogen) atoms. The first-order valence-corrected chi connectivity index (χ1v) is 4.60. The van der Waals surface area contributed by atoms with Gasteiger partial charge < -0.3 is 10.5 Å². The smallest absolute Gasteiger partial charge is 0.160 e.